The fourth-order valence-electron chi connectivity index (χ4n) is 2.60. The molecule has 3 rings (SSSR count). The molecule has 0 saturated heterocycles. The van der Waals surface area contributed by atoms with Gasteiger partial charge in [-0.2, -0.15) is 0 Å². The van der Waals surface area contributed by atoms with Crippen LogP contribution in [0.3, 0.4) is 0 Å². The molecule has 0 fully saturated rings. The second kappa shape index (κ2) is 7.00. The second-order valence-electron chi connectivity index (χ2n) is 5.26. The van der Waals surface area contributed by atoms with Gasteiger partial charge in [-0.3, -0.25) is 4.98 Å². The summed E-state index contributed by atoms with van der Waals surface area (Å²) in [5, 5.41) is 4.73. The third-order valence-electron chi connectivity index (χ3n) is 3.69. The van der Waals surface area contributed by atoms with E-state index < -0.39 is 0 Å². The summed E-state index contributed by atoms with van der Waals surface area (Å²) in [6.07, 6.45) is 4.14. The molecule has 0 spiro atoms. The minimum atomic E-state index is 0.878. The Morgan fingerprint density at radius 3 is 2.62 bits per heavy atom. The third-order valence-corrected chi connectivity index (χ3v) is 3.69. The highest BCUT2D eigenvalue weighted by atomic mass is 14.8. The van der Waals surface area contributed by atoms with Crippen LogP contribution in [0.25, 0.3) is 10.9 Å². The van der Waals surface area contributed by atoms with E-state index in [1.165, 1.54) is 16.5 Å². The number of nitrogens with zero attached hydrogens (tertiary/aromatic N) is 1. The van der Waals surface area contributed by atoms with Gasteiger partial charge in [0.2, 0.25) is 0 Å². The van der Waals surface area contributed by atoms with Crippen molar-refractivity contribution in [2.45, 2.75) is 19.4 Å². The van der Waals surface area contributed by atoms with E-state index in [1.807, 2.05) is 12.3 Å². The van der Waals surface area contributed by atoms with Gasteiger partial charge >= 0.3 is 0 Å². The van der Waals surface area contributed by atoms with E-state index in [0.29, 0.717) is 0 Å². The molecule has 0 unspecified atom stereocenters. The molecule has 2 heteroatoms. The van der Waals surface area contributed by atoms with E-state index in [-0.39, 0.29) is 0 Å². The molecule has 0 aliphatic carbocycles. The molecule has 0 aliphatic rings. The zero-order valence-corrected chi connectivity index (χ0v) is 12.1. The Kier molecular flexibility index (Phi) is 4.59. The van der Waals surface area contributed by atoms with Crippen molar-refractivity contribution in [1.82, 2.24) is 10.3 Å². The van der Waals surface area contributed by atoms with E-state index in [2.05, 4.69) is 64.9 Å². The topological polar surface area (TPSA) is 24.9 Å². The molecule has 1 aromatic heterocycles. The standard InChI is InChI=1S/C19H20N2/c1-2-7-16(8-3-1)9-5-13-20-15-18-11-4-10-17-12-6-14-21-19(17)18/h1-4,6-8,10-12,14,20H,5,9,13,15H2. The maximum atomic E-state index is 4.49. The van der Waals surface area contributed by atoms with E-state index in [4.69, 9.17) is 0 Å². The smallest absolute Gasteiger partial charge is 0.0746 e. The van der Waals surface area contributed by atoms with E-state index >= 15 is 0 Å². The predicted octanol–water partition coefficient (Wildman–Crippen LogP) is 3.96. The highest BCUT2D eigenvalue weighted by Gasteiger charge is 2.00. The molecule has 1 N–H and O–H groups in total. The summed E-state index contributed by atoms with van der Waals surface area (Å²) in [6, 6.07) is 21.1. The molecule has 0 radical (unpaired) electrons. The molecule has 106 valence electrons. The van der Waals surface area contributed by atoms with Gasteiger partial charge in [0.1, 0.15) is 0 Å². The van der Waals surface area contributed by atoms with Gasteiger partial charge < -0.3 is 5.32 Å². The van der Waals surface area contributed by atoms with Crippen LogP contribution >= 0.6 is 0 Å². The summed E-state index contributed by atoms with van der Waals surface area (Å²) in [7, 11) is 0. The highest BCUT2D eigenvalue weighted by Crippen LogP contribution is 2.15. The van der Waals surface area contributed by atoms with E-state index in [9.17, 15) is 0 Å². The monoisotopic (exact) mass is 276 g/mol. The number of hydrogen-bond acceptors (Lipinski definition) is 2. The van der Waals surface area contributed by atoms with E-state index in [1.54, 1.807) is 0 Å². The molecule has 0 amide bonds. The fraction of sp³-hybridized carbons (Fsp3) is 0.211. The number of fused-ring (bicyclic) bond motifs is 1. The summed E-state index contributed by atoms with van der Waals surface area (Å²) in [6.45, 7) is 1.90. The Morgan fingerprint density at radius 2 is 1.71 bits per heavy atom. The first-order chi connectivity index (χ1) is 10.4. The largest absolute Gasteiger partial charge is 0.313 e. The van der Waals surface area contributed by atoms with Crippen LogP contribution in [0.2, 0.25) is 0 Å². The van der Waals surface area contributed by atoms with Gasteiger partial charge in [0.25, 0.3) is 0 Å². The Hall–Kier alpha value is -2.19. The van der Waals surface area contributed by atoms with Crippen LogP contribution in [-0.2, 0) is 13.0 Å². The number of aromatic nitrogens is 1. The Morgan fingerprint density at radius 1 is 0.857 bits per heavy atom. The molecule has 0 atom stereocenters. The number of para-hydroxylation sites is 1. The lowest BCUT2D eigenvalue weighted by molar-refractivity contribution is 0.651. The van der Waals surface area contributed by atoms with Crippen LogP contribution < -0.4 is 5.32 Å². The lowest BCUT2D eigenvalue weighted by Crippen LogP contribution is -2.15. The average molecular weight is 276 g/mol. The maximum absolute atomic E-state index is 4.49. The van der Waals surface area contributed by atoms with Crippen LogP contribution in [-0.4, -0.2) is 11.5 Å². The van der Waals surface area contributed by atoms with E-state index in [0.717, 1.165) is 31.4 Å². The number of pyridine rings is 1. The third kappa shape index (κ3) is 3.67. The Bertz CT molecular complexity index is 687. The van der Waals surface area contributed by atoms with Crippen LogP contribution in [0.15, 0.2) is 66.9 Å². The van der Waals surface area contributed by atoms with Gasteiger partial charge in [-0.05, 0) is 36.6 Å². The maximum Gasteiger partial charge on any atom is 0.0746 e. The molecular weight excluding hydrogens is 256 g/mol. The fourth-order valence-corrected chi connectivity index (χ4v) is 2.60. The molecule has 1 heterocycles. The van der Waals surface area contributed by atoms with Gasteiger partial charge in [-0.25, -0.2) is 0 Å². The number of aryl methyl sites for hydroxylation is 1. The Labute approximate surface area is 125 Å². The van der Waals surface area contributed by atoms with Crippen LogP contribution in [0.4, 0.5) is 0 Å². The lowest BCUT2D eigenvalue weighted by Gasteiger charge is -2.07. The molecule has 0 saturated carbocycles. The van der Waals surface area contributed by atoms with Crippen molar-refractivity contribution in [3.05, 3.63) is 78.0 Å². The second-order valence-corrected chi connectivity index (χ2v) is 5.26. The lowest BCUT2D eigenvalue weighted by atomic mass is 10.1. The molecule has 2 aromatic carbocycles. The normalized spacial score (nSPS) is 10.9. The molecule has 2 nitrogen and oxygen atoms in total. The first-order valence-corrected chi connectivity index (χ1v) is 7.51. The molecule has 21 heavy (non-hydrogen) atoms. The zero-order chi connectivity index (χ0) is 14.3. The van der Waals surface area contributed by atoms with Crippen molar-refractivity contribution in [1.29, 1.82) is 0 Å². The summed E-state index contributed by atoms with van der Waals surface area (Å²) < 4.78 is 0. The molecule has 0 aliphatic heterocycles. The van der Waals surface area contributed by atoms with Gasteiger partial charge in [0.05, 0.1) is 5.52 Å². The van der Waals surface area contributed by atoms with Crippen molar-refractivity contribution in [3.63, 3.8) is 0 Å². The van der Waals surface area contributed by atoms with Crippen molar-refractivity contribution >= 4 is 10.9 Å². The first kappa shape index (κ1) is 13.8. The van der Waals surface area contributed by atoms with Crippen molar-refractivity contribution in [3.8, 4) is 0 Å². The molecule has 3 aromatic rings. The summed E-state index contributed by atoms with van der Waals surface area (Å²) in [5.41, 5.74) is 3.79. The number of nitrogens with one attached hydrogen (secondary N) is 1. The van der Waals surface area contributed by atoms with Crippen molar-refractivity contribution < 1.29 is 0 Å². The van der Waals surface area contributed by atoms with Crippen LogP contribution in [0.1, 0.15) is 17.5 Å². The minimum absolute atomic E-state index is 0.878. The van der Waals surface area contributed by atoms with Crippen LogP contribution in [0.5, 0.6) is 0 Å². The Balaban J connectivity index is 1.51. The zero-order valence-electron chi connectivity index (χ0n) is 12.1. The van der Waals surface area contributed by atoms with Gasteiger partial charge in [0.15, 0.2) is 0 Å². The number of rotatable bonds is 6. The summed E-state index contributed by atoms with van der Waals surface area (Å²) in [4.78, 5) is 4.49. The van der Waals surface area contributed by atoms with Gasteiger partial charge in [0, 0.05) is 18.1 Å². The van der Waals surface area contributed by atoms with Gasteiger partial charge in [-0.15, -0.1) is 0 Å². The first-order valence-electron chi connectivity index (χ1n) is 7.51. The molecule has 0 bridgehead atoms. The number of hydrogen-bond donors (Lipinski definition) is 1. The summed E-state index contributed by atoms with van der Waals surface area (Å²) in [5.74, 6) is 0. The quantitative estimate of drug-likeness (QED) is 0.689. The average Bonchev–Trinajstić information content (AvgIpc) is 2.56. The van der Waals surface area contributed by atoms with Crippen LogP contribution in [0, 0.1) is 0 Å². The minimum Gasteiger partial charge on any atom is -0.313 e. The number of benzene rings is 2. The summed E-state index contributed by atoms with van der Waals surface area (Å²) >= 11 is 0. The SMILES string of the molecule is c1ccc(CCCNCc2cccc3cccnc23)cc1. The predicted molar refractivity (Wildman–Crippen MR) is 88.2 cm³/mol. The molecular formula is C19H20N2. The van der Waals surface area contributed by atoms with Crippen molar-refractivity contribution in [2.75, 3.05) is 6.54 Å². The van der Waals surface area contributed by atoms with Crippen molar-refractivity contribution in [2.24, 2.45) is 0 Å². The highest BCUT2D eigenvalue weighted by molar-refractivity contribution is 5.81. The van der Waals surface area contributed by atoms with Gasteiger partial charge in [-0.1, -0.05) is 54.6 Å².